The van der Waals surface area contributed by atoms with Gasteiger partial charge in [0.2, 0.25) is 0 Å². The Morgan fingerprint density at radius 3 is 2.94 bits per heavy atom. The van der Waals surface area contributed by atoms with Crippen LogP contribution in [-0.4, -0.2) is 29.2 Å². The summed E-state index contributed by atoms with van der Waals surface area (Å²) in [6.45, 7) is 3.80. The molecule has 16 heavy (non-hydrogen) atoms. The fourth-order valence-corrected chi connectivity index (χ4v) is 1.86. The van der Waals surface area contributed by atoms with E-state index >= 15 is 0 Å². The lowest BCUT2D eigenvalue weighted by molar-refractivity contribution is 0.153. The molecule has 0 aromatic carbocycles. The first-order valence-corrected chi connectivity index (χ1v) is 5.50. The van der Waals surface area contributed by atoms with Crippen molar-refractivity contribution < 1.29 is 4.74 Å². The van der Waals surface area contributed by atoms with E-state index in [9.17, 15) is 0 Å². The summed E-state index contributed by atoms with van der Waals surface area (Å²) >= 11 is 5.82. The van der Waals surface area contributed by atoms with Crippen LogP contribution in [0.1, 0.15) is 18.5 Å². The highest BCUT2D eigenvalue weighted by Gasteiger charge is 2.15. The van der Waals surface area contributed by atoms with Gasteiger partial charge in [0.15, 0.2) is 0 Å². The van der Waals surface area contributed by atoms with Gasteiger partial charge in [-0.05, 0) is 32.4 Å². The van der Waals surface area contributed by atoms with Gasteiger partial charge in [-0.3, -0.25) is 0 Å². The van der Waals surface area contributed by atoms with Gasteiger partial charge in [-0.1, -0.05) is 11.6 Å². The molecule has 1 fully saturated rings. The standard InChI is InChI=1S/C10H14ClN3O.ClH/c1-7-5-9(11)14-10(13-7)15-8-3-2-4-12-6-8;/h5,8,12H,2-4,6H2,1H3;1H. The lowest BCUT2D eigenvalue weighted by Crippen LogP contribution is -2.37. The first-order chi connectivity index (χ1) is 7.24. The van der Waals surface area contributed by atoms with Crippen LogP contribution in [0.15, 0.2) is 6.07 Å². The molecule has 1 aliphatic rings. The SMILES string of the molecule is Cc1cc(Cl)nc(OC2CCCNC2)n1.Cl. The summed E-state index contributed by atoms with van der Waals surface area (Å²) in [5.74, 6) is 0. The zero-order chi connectivity index (χ0) is 10.7. The number of rotatable bonds is 2. The van der Waals surface area contributed by atoms with E-state index in [-0.39, 0.29) is 18.5 Å². The van der Waals surface area contributed by atoms with Gasteiger partial charge in [-0.25, -0.2) is 4.98 Å². The lowest BCUT2D eigenvalue weighted by Gasteiger charge is -2.22. The Bertz CT molecular complexity index is 323. The first-order valence-electron chi connectivity index (χ1n) is 5.12. The summed E-state index contributed by atoms with van der Waals surface area (Å²) in [6.07, 6.45) is 2.34. The molecule has 1 N–H and O–H groups in total. The molecule has 6 heteroatoms. The summed E-state index contributed by atoms with van der Waals surface area (Å²) in [6, 6.07) is 2.10. The largest absolute Gasteiger partial charge is 0.459 e. The molecule has 2 heterocycles. The number of hydrogen-bond acceptors (Lipinski definition) is 4. The number of aryl methyl sites for hydroxylation is 1. The highest BCUT2D eigenvalue weighted by Crippen LogP contribution is 2.14. The van der Waals surface area contributed by atoms with Crippen molar-refractivity contribution in [1.29, 1.82) is 0 Å². The Kier molecular flexibility index (Phi) is 5.25. The van der Waals surface area contributed by atoms with Crippen molar-refractivity contribution in [2.75, 3.05) is 13.1 Å². The quantitative estimate of drug-likeness (QED) is 0.830. The summed E-state index contributed by atoms with van der Waals surface area (Å²) in [5, 5.41) is 3.70. The second kappa shape index (κ2) is 6.23. The zero-order valence-electron chi connectivity index (χ0n) is 9.07. The third-order valence-corrected chi connectivity index (χ3v) is 2.52. The van der Waals surface area contributed by atoms with Gasteiger partial charge in [-0.2, -0.15) is 4.98 Å². The van der Waals surface area contributed by atoms with E-state index in [4.69, 9.17) is 16.3 Å². The fraction of sp³-hybridized carbons (Fsp3) is 0.600. The van der Waals surface area contributed by atoms with Crippen LogP contribution in [0.4, 0.5) is 0 Å². The van der Waals surface area contributed by atoms with Crippen LogP contribution in [0.3, 0.4) is 0 Å². The molecule has 0 amide bonds. The van der Waals surface area contributed by atoms with E-state index in [1.807, 2.05) is 6.92 Å². The van der Waals surface area contributed by atoms with E-state index < -0.39 is 0 Å². The molecule has 0 aliphatic carbocycles. The van der Waals surface area contributed by atoms with Crippen LogP contribution in [0, 0.1) is 6.92 Å². The Morgan fingerprint density at radius 2 is 2.31 bits per heavy atom. The van der Waals surface area contributed by atoms with Crippen molar-refractivity contribution in [3.8, 4) is 6.01 Å². The van der Waals surface area contributed by atoms with E-state index in [2.05, 4.69) is 15.3 Å². The number of nitrogens with one attached hydrogen (secondary N) is 1. The summed E-state index contributed by atoms with van der Waals surface area (Å²) < 4.78 is 5.65. The molecule has 1 saturated heterocycles. The number of ether oxygens (including phenoxy) is 1. The summed E-state index contributed by atoms with van der Waals surface area (Å²) in [4.78, 5) is 8.21. The van der Waals surface area contributed by atoms with Gasteiger partial charge in [0.25, 0.3) is 0 Å². The third kappa shape index (κ3) is 3.77. The molecule has 4 nitrogen and oxygen atoms in total. The van der Waals surface area contributed by atoms with Gasteiger partial charge in [0.1, 0.15) is 11.3 Å². The van der Waals surface area contributed by atoms with Crippen LogP contribution in [-0.2, 0) is 0 Å². The lowest BCUT2D eigenvalue weighted by atomic mass is 10.1. The van der Waals surface area contributed by atoms with Gasteiger partial charge in [0.05, 0.1) is 0 Å². The van der Waals surface area contributed by atoms with E-state index in [1.54, 1.807) is 6.07 Å². The molecule has 2 rings (SSSR count). The van der Waals surface area contributed by atoms with Crippen molar-refractivity contribution in [1.82, 2.24) is 15.3 Å². The van der Waals surface area contributed by atoms with Crippen molar-refractivity contribution in [3.63, 3.8) is 0 Å². The molecular weight excluding hydrogens is 249 g/mol. The maximum absolute atomic E-state index is 5.82. The molecular formula is C10H15Cl2N3O. The normalized spacial score (nSPS) is 20.0. The van der Waals surface area contributed by atoms with Crippen LogP contribution in [0.25, 0.3) is 0 Å². The van der Waals surface area contributed by atoms with Crippen LogP contribution in [0.2, 0.25) is 5.15 Å². The molecule has 0 spiro atoms. The number of hydrogen-bond donors (Lipinski definition) is 1. The Hall–Kier alpha value is -0.580. The molecule has 1 aromatic heterocycles. The molecule has 0 radical (unpaired) electrons. The maximum atomic E-state index is 5.82. The Morgan fingerprint density at radius 1 is 1.50 bits per heavy atom. The number of nitrogens with zero attached hydrogens (tertiary/aromatic N) is 2. The predicted octanol–water partition coefficient (Wildman–Crippen LogP) is 1.99. The minimum absolute atomic E-state index is 0. The molecule has 0 bridgehead atoms. The number of halogens is 2. The molecule has 1 aromatic rings. The molecule has 1 atom stereocenters. The van der Waals surface area contributed by atoms with Gasteiger partial charge in [-0.15, -0.1) is 12.4 Å². The monoisotopic (exact) mass is 263 g/mol. The molecule has 90 valence electrons. The maximum Gasteiger partial charge on any atom is 0.318 e. The Balaban J connectivity index is 0.00000128. The minimum atomic E-state index is 0. The third-order valence-electron chi connectivity index (χ3n) is 2.33. The Labute approximate surface area is 106 Å². The van der Waals surface area contributed by atoms with Crippen LogP contribution in [0.5, 0.6) is 6.01 Å². The number of aromatic nitrogens is 2. The minimum Gasteiger partial charge on any atom is -0.459 e. The second-order valence-corrected chi connectivity index (χ2v) is 4.09. The van der Waals surface area contributed by atoms with E-state index in [0.29, 0.717) is 11.2 Å². The molecule has 1 unspecified atom stereocenters. The average Bonchev–Trinajstić information content (AvgIpc) is 2.17. The zero-order valence-corrected chi connectivity index (χ0v) is 10.6. The fourth-order valence-electron chi connectivity index (χ4n) is 1.63. The van der Waals surface area contributed by atoms with E-state index in [1.165, 1.54) is 0 Å². The van der Waals surface area contributed by atoms with Crippen LogP contribution < -0.4 is 10.1 Å². The summed E-state index contributed by atoms with van der Waals surface area (Å²) in [7, 11) is 0. The smallest absolute Gasteiger partial charge is 0.318 e. The topological polar surface area (TPSA) is 47.0 Å². The molecule has 0 saturated carbocycles. The first kappa shape index (κ1) is 13.5. The van der Waals surface area contributed by atoms with Gasteiger partial charge in [0, 0.05) is 12.2 Å². The summed E-state index contributed by atoms with van der Waals surface area (Å²) in [5.41, 5.74) is 0.828. The van der Waals surface area contributed by atoms with Crippen LogP contribution >= 0.6 is 24.0 Å². The predicted molar refractivity (Wildman–Crippen MR) is 65.5 cm³/mol. The van der Waals surface area contributed by atoms with E-state index in [0.717, 1.165) is 31.6 Å². The molecule has 1 aliphatic heterocycles. The second-order valence-electron chi connectivity index (χ2n) is 3.70. The average molecular weight is 264 g/mol. The van der Waals surface area contributed by atoms with Gasteiger partial charge >= 0.3 is 6.01 Å². The van der Waals surface area contributed by atoms with Crippen molar-refractivity contribution in [2.24, 2.45) is 0 Å². The number of piperidine rings is 1. The highest BCUT2D eigenvalue weighted by atomic mass is 35.5. The van der Waals surface area contributed by atoms with Crippen molar-refractivity contribution in [3.05, 3.63) is 16.9 Å². The highest BCUT2D eigenvalue weighted by molar-refractivity contribution is 6.29. The van der Waals surface area contributed by atoms with Crippen molar-refractivity contribution >= 4 is 24.0 Å². The van der Waals surface area contributed by atoms with Gasteiger partial charge < -0.3 is 10.1 Å². The van der Waals surface area contributed by atoms with Crippen molar-refractivity contribution in [2.45, 2.75) is 25.9 Å².